The van der Waals surface area contributed by atoms with Gasteiger partial charge in [-0.3, -0.25) is 9.59 Å². The number of carbonyl (C=O) groups excluding carboxylic acids is 2. The Balaban J connectivity index is 1.52. The topological polar surface area (TPSA) is 100 Å². The Kier molecular flexibility index (Phi) is 7.25. The summed E-state index contributed by atoms with van der Waals surface area (Å²) >= 11 is 0. The molecule has 1 atom stereocenters. The minimum Gasteiger partial charge on any atom is -0.369 e. The molecule has 1 unspecified atom stereocenters. The molecule has 2 aliphatic heterocycles. The van der Waals surface area contributed by atoms with Gasteiger partial charge < -0.3 is 21.3 Å². The zero-order valence-electron chi connectivity index (χ0n) is 16.8. The SMILES string of the molecule is CC(CC(=O)NCc1cccnc1N1CCC(C(N)=O)CC1)C1CCNCC1. The van der Waals surface area contributed by atoms with Gasteiger partial charge in [-0.2, -0.15) is 0 Å². The minimum absolute atomic E-state index is 0.0420. The van der Waals surface area contributed by atoms with Crippen molar-refractivity contribution in [2.24, 2.45) is 23.5 Å². The van der Waals surface area contributed by atoms with Gasteiger partial charge in [0, 0.05) is 43.7 Å². The largest absolute Gasteiger partial charge is 0.369 e. The second kappa shape index (κ2) is 9.87. The summed E-state index contributed by atoms with van der Waals surface area (Å²) < 4.78 is 0. The third-order valence-electron chi connectivity index (χ3n) is 6.24. The van der Waals surface area contributed by atoms with E-state index in [0.29, 0.717) is 24.8 Å². The van der Waals surface area contributed by atoms with Gasteiger partial charge in [0.25, 0.3) is 0 Å². The predicted molar refractivity (Wildman–Crippen MR) is 110 cm³/mol. The molecule has 0 spiro atoms. The fourth-order valence-corrected chi connectivity index (χ4v) is 4.37. The van der Waals surface area contributed by atoms with Gasteiger partial charge in [0.2, 0.25) is 11.8 Å². The van der Waals surface area contributed by atoms with Gasteiger partial charge >= 0.3 is 0 Å². The number of nitrogens with zero attached hydrogens (tertiary/aromatic N) is 2. The third-order valence-corrected chi connectivity index (χ3v) is 6.24. The highest BCUT2D eigenvalue weighted by atomic mass is 16.2. The molecule has 2 saturated heterocycles. The van der Waals surface area contributed by atoms with Crippen LogP contribution in [0.4, 0.5) is 5.82 Å². The molecule has 0 aromatic carbocycles. The molecule has 28 heavy (non-hydrogen) atoms. The van der Waals surface area contributed by atoms with E-state index in [4.69, 9.17) is 5.73 Å². The number of rotatable bonds is 7. The minimum atomic E-state index is -0.212. The quantitative estimate of drug-likeness (QED) is 0.657. The number of anilines is 1. The van der Waals surface area contributed by atoms with Gasteiger partial charge in [-0.15, -0.1) is 0 Å². The number of pyridine rings is 1. The van der Waals surface area contributed by atoms with Crippen LogP contribution in [0.5, 0.6) is 0 Å². The van der Waals surface area contributed by atoms with Crippen molar-refractivity contribution in [2.45, 2.75) is 45.6 Å². The Morgan fingerprint density at radius 1 is 1.29 bits per heavy atom. The Morgan fingerprint density at radius 3 is 2.68 bits per heavy atom. The molecule has 3 heterocycles. The van der Waals surface area contributed by atoms with Crippen molar-refractivity contribution in [2.75, 3.05) is 31.1 Å². The Morgan fingerprint density at radius 2 is 2.00 bits per heavy atom. The average Bonchev–Trinajstić information content (AvgIpc) is 2.73. The first-order valence-electron chi connectivity index (χ1n) is 10.5. The van der Waals surface area contributed by atoms with Crippen molar-refractivity contribution >= 4 is 17.6 Å². The molecule has 0 bridgehead atoms. The smallest absolute Gasteiger partial charge is 0.220 e. The van der Waals surface area contributed by atoms with Crippen LogP contribution in [0, 0.1) is 17.8 Å². The van der Waals surface area contributed by atoms with E-state index in [2.05, 4.69) is 27.4 Å². The summed E-state index contributed by atoms with van der Waals surface area (Å²) in [5, 5.41) is 6.46. The standard InChI is InChI=1S/C21H33N5O2/c1-15(16-4-9-23-10-5-16)13-19(27)25-14-18-3-2-8-24-21(18)26-11-6-17(7-12-26)20(22)28/h2-3,8,15-17,23H,4-7,9-14H2,1H3,(H2,22,28)(H,25,27). The van der Waals surface area contributed by atoms with Crippen molar-refractivity contribution in [3.05, 3.63) is 23.9 Å². The summed E-state index contributed by atoms with van der Waals surface area (Å²) in [5.74, 6) is 1.79. The highest BCUT2D eigenvalue weighted by Crippen LogP contribution is 2.26. The molecule has 154 valence electrons. The molecular formula is C21H33N5O2. The maximum atomic E-state index is 12.5. The summed E-state index contributed by atoms with van der Waals surface area (Å²) in [5.41, 5.74) is 6.45. The van der Waals surface area contributed by atoms with Crippen LogP contribution in [0.2, 0.25) is 0 Å². The Hall–Kier alpha value is -2.15. The summed E-state index contributed by atoms with van der Waals surface area (Å²) in [6.45, 7) is 6.31. The molecule has 1 aromatic rings. The first-order valence-corrected chi connectivity index (χ1v) is 10.5. The first-order chi connectivity index (χ1) is 13.5. The van der Waals surface area contributed by atoms with Gasteiger partial charge in [-0.05, 0) is 56.7 Å². The number of primary amides is 1. The third kappa shape index (κ3) is 5.44. The van der Waals surface area contributed by atoms with Crippen LogP contribution in [0.25, 0.3) is 0 Å². The maximum Gasteiger partial charge on any atom is 0.220 e. The fourth-order valence-electron chi connectivity index (χ4n) is 4.37. The molecule has 2 amide bonds. The molecule has 0 radical (unpaired) electrons. The monoisotopic (exact) mass is 387 g/mol. The van der Waals surface area contributed by atoms with Gasteiger partial charge in [-0.25, -0.2) is 4.98 Å². The van der Waals surface area contributed by atoms with E-state index in [1.807, 2.05) is 12.1 Å². The van der Waals surface area contributed by atoms with Crippen LogP contribution in [-0.2, 0) is 16.1 Å². The summed E-state index contributed by atoms with van der Waals surface area (Å²) in [4.78, 5) is 30.6. The number of nitrogens with two attached hydrogens (primary N) is 1. The average molecular weight is 388 g/mol. The Labute approximate surface area is 167 Å². The zero-order chi connectivity index (χ0) is 19.9. The van der Waals surface area contributed by atoms with Crippen LogP contribution >= 0.6 is 0 Å². The van der Waals surface area contributed by atoms with E-state index in [0.717, 1.165) is 63.2 Å². The highest BCUT2D eigenvalue weighted by molar-refractivity contribution is 5.77. The molecule has 4 N–H and O–H groups in total. The van der Waals surface area contributed by atoms with Gasteiger partial charge in [0.15, 0.2) is 0 Å². The molecule has 2 aliphatic rings. The lowest BCUT2D eigenvalue weighted by atomic mass is 9.84. The molecule has 0 aliphatic carbocycles. The van der Waals surface area contributed by atoms with E-state index in [1.54, 1.807) is 6.20 Å². The maximum absolute atomic E-state index is 12.5. The molecular weight excluding hydrogens is 354 g/mol. The number of hydrogen-bond acceptors (Lipinski definition) is 5. The number of hydrogen-bond donors (Lipinski definition) is 3. The van der Waals surface area contributed by atoms with E-state index in [9.17, 15) is 9.59 Å². The van der Waals surface area contributed by atoms with Crippen molar-refractivity contribution in [3.63, 3.8) is 0 Å². The number of carbonyl (C=O) groups is 2. The van der Waals surface area contributed by atoms with E-state index in [-0.39, 0.29) is 17.7 Å². The van der Waals surface area contributed by atoms with E-state index in [1.165, 1.54) is 0 Å². The van der Waals surface area contributed by atoms with Crippen molar-refractivity contribution < 1.29 is 9.59 Å². The first kappa shape index (κ1) is 20.6. The van der Waals surface area contributed by atoms with Crippen molar-refractivity contribution in [3.8, 4) is 0 Å². The molecule has 0 saturated carbocycles. The number of nitrogens with one attached hydrogen (secondary N) is 2. The van der Waals surface area contributed by atoms with Crippen LogP contribution in [-0.4, -0.2) is 43.0 Å². The predicted octanol–water partition coefficient (Wildman–Crippen LogP) is 1.43. The molecule has 2 fully saturated rings. The van der Waals surface area contributed by atoms with Crippen molar-refractivity contribution in [1.29, 1.82) is 0 Å². The summed E-state index contributed by atoms with van der Waals surface area (Å²) in [7, 11) is 0. The van der Waals surface area contributed by atoms with Gasteiger partial charge in [0.1, 0.15) is 5.82 Å². The highest BCUT2D eigenvalue weighted by Gasteiger charge is 2.25. The van der Waals surface area contributed by atoms with Gasteiger partial charge in [0.05, 0.1) is 0 Å². The lowest BCUT2D eigenvalue weighted by molar-refractivity contribution is -0.123. The van der Waals surface area contributed by atoms with Gasteiger partial charge in [-0.1, -0.05) is 13.0 Å². The number of piperidine rings is 2. The zero-order valence-corrected chi connectivity index (χ0v) is 16.8. The van der Waals surface area contributed by atoms with E-state index < -0.39 is 0 Å². The van der Waals surface area contributed by atoms with Crippen LogP contribution < -0.4 is 21.3 Å². The normalized spacial score (nSPS) is 20.0. The summed E-state index contributed by atoms with van der Waals surface area (Å²) in [6.07, 6.45) is 6.17. The van der Waals surface area contributed by atoms with E-state index >= 15 is 0 Å². The molecule has 7 heteroatoms. The number of aromatic nitrogens is 1. The second-order valence-electron chi connectivity index (χ2n) is 8.20. The number of amides is 2. The lowest BCUT2D eigenvalue weighted by Crippen LogP contribution is -2.39. The van der Waals surface area contributed by atoms with Crippen LogP contribution in [0.15, 0.2) is 18.3 Å². The second-order valence-corrected chi connectivity index (χ2v) is 8.20. The molecule has 1 aromatic heterocycles. The van der Waals surface area contributed by atoms with Crippen molar-refractivity contribution in [1.82, 2.24) is 15.6 Å². The molecule has 7 nitrogen and oxygen atoms in total. The van der Waals surface area contributed by atoms with Crippen LogP contribution in [0.1, 0.15) is 44.6 Å². The fraction of sp³-hybridized carbons (Fsp3) is 0.667. The Bertz CT molecular complexity index is 667. The molecule has 3 rings (SSSR count). The lowest BCUT2D eigenvalue weighted by Gasteiger charge is -2.32. The summed E-state index contributed by atoms with van der Waals surface area (Å²) in [6, 6.07) is 3.91. The van der Waals surface area contributed by atoms with Crippen LogP contribution in [0.3, 0.4) is 0 Å².